The lowest BCUT2D eigenvalue weighted by atomic mass is 10.1. The molecule has 2 aromatic carbocycles. The highest BCUT2D eigenvalue weighted by Crippen LogP contribution is 2.35. The van der Waals surface area contributed by atoms with Crippen LogP contribution >= 0.6 is 0 Å². The number of rotatable bonds is 9. The van der Waals surface area contributed by atoms with Crippen LogP contribution in [-0.4, -0.2) is 43.2 Å². The Kier molecular flexibility index (Phi) is 7.74. The van der Waals surface area contributed by atoms with Gasteiger partial charge in [-0.1, -0.05) is 18.2 Å². The second-order valence-corrected chi connectivity index (χ2v) is 6.48. The monoisotopic (exact) mass is 416 g/mol. The van der Waals surface area contributed by atoms with Crippen LogP contribution in [-0.2, 0) is 9.53 Å². The van der Waals surface area contributed by atoms with Gasteiger partial charge in [-0.3, -0.25) is 14.9 Å². The van der Waals surface area contributed by atoms with Crippen molar-refractivity contribution >= 4 is 23.3 Å². The van der Waals surface area contributed by atoms with E-state index in [2.05, 4.69) is 0 Å². The molecule has 0 saturated carbocycles. The second-order valence-electron chi connectivity index (χ2n) is 6.48. The van der Waals surface area contributed by atoms with E-state index in [-0.39, 0.29) is 29.7 Å². The molecule has 0 unspecified atom stereocenters. The lowest BCUT2D eigenvalue weighted by molar-refractivity contribution is -0.385. The summed E-state index contributed by atoms with van der Waals surface area (Å²) in [6, 6.07) is 11.0. The number of carbonyl (C=O) groups excluding carboxylic acids is 2. The zero-order valence-electron chi connectivity index (χ0n) is 17.3. The van der Waals surface area contributed by atoms with Crippen LogP contribution in [0.25, 0.3) is 0 Å². The number of anilines is 1. The van der Waals surface area contributed by atoms with Crippen molar-refractivity contribution in [1.82, 2.24) is 0 Å². The largest absolute Gasteiger partial charge is 0.493 e. The minimum absolute atomic E-state index is 0.134. The molecule has 1 amide bonds. The number of ether oxygens (including phenoxy) is 3. The third-order valence-corrected chi connectivity index (χ3v) is 4.14. The Hall–Kier alpha value is -3.62. The van der Waals surface area contributed by atoms with E-state index in [1.54, 1.807) is 31.2 Å². The maximum Gasteiger partial charge on any atom is 0.345 e. The standard InChI is InChI=1S/C21H24N2O7/c1-5-29-19-12-17(23(26)27)16(11-18(19)28-4)21(25)30-13-20(24)22(14(2)3)15-9-7-6-8-10-15/h6-12,14H,5,13H2,1-4H3. The zero-order chi connectivity index (χ0) is 22.3. The SMILES string of the molecule is CCOc1cc([N+](=O)[O-])c(C(=O)OCC(=O)N(c2ccccc2)C(C)C)cc1OC. The van der Waals surface area contributed by atoms with Gasteiger partial charge in [0.15, 0.2) is 18.1 Å². The van der Waals surface area contributed by atoms with E-state index in [1.165, 1.54) is 18.1 Å². The molecule has 30 heavy (non-hydrogen) atoms. The molecule has 0 saturated heterocycles. The fourth-order valence-corrected chi connectivity index (χ4v) is 2.88. The third kappa shape index (κ3) is 5.25. The van der Waals surface area contributed by atoms with Crippen LogP contribution in [0.4, 0.5) is 11.4 Å². The summed E-state index contributed by atoms with van der Waals surface area (Å²) in [6.45, 7) is 5.06. The van der Waals surface area contributed by atoms with Gasteiger partial charge in [0.25, 0.3) is 11.6 Å². The summed E-state index contributed by atoms with van der Waals surface area (Å²) in [7, 11) is 1.35. The fraction of sp³-hybridized carbons (Fsp3) is 0.333. The molecule has 0 fully saturated rings. The van der Waals surface area contributed by atoms with Gasteiger partial charge in [-0.15, -0.1) is 0 Å². The van der Waals surface area contributed by atoms with Gasteiger partial charge in [0, 0.05) is 17.8 Å². The highest BCUT2D eigenvalue weighted by Gasteiger charge is 2.27. The number of nitro benzene ring substituents is 1. The maximum absolute atomic E-state index is 12.7. The Morgan fingerprint density at radius 2 is 1.80 bits per heavy atom. The highest BCUT2D eigenvalue weighted by atomic mass is 16.6. The first-order chi connectivity index (χ1) is 14.3. The molecule has 2 rings (SSSR count). The van der Waals surface area contributed by atoms with Gasteiger partial charge in [0.05, 0.1) is 24.7 Å². The van der Waals surface area contributed by atoms with Crippen molar-refractivity contribution in [3.8, 4) is 11.5 Å². The van der Waals surface area contributed by atoms with Crippen LogP contribution in [0.3, 0.4) is 0 Å². The van der Waals surface area contributed by atoms with E-state index < -0.39 is 29.1 Å². The van der Waals surface area contributed by atoms with E-state index in [0.29, 0.717) is 5.69 Å². The fourth-order valence-electron chi connectivity index (χ4n) is 2.88. The average molecular weight is 416 g/mol. The Labute approximate surface area is 174 Å². The number of amides is 1. The smallest absolute Gasteiger partial charge is 0.345 e. The number of nitro groups is 1. The van der Waals surface area contributed by atoms with Crippen molar-refractivity contribution in [3.63, 3.8) is 0 Å². The predicted molar refractivity (Wildman–Crippen MR) is 110 cm³/mol. The molecule has 0 spiro atoms. The third-order valence-electron chi connectivity index (χ3n) is 4.14. The molecule has 0 atom stereocenters. The van der Waals surface area contributed by atoms with Gasteiger partial charge in [-0.25, -0.2) is 4.79 Å². The number of hydrogen-bond donors (Lipinski definition) is 0. The molecule has 0 N–H and O–H groups in total. The first kappa shape index (κ1) is 22.7. The number of hydrogen-bond acceptors (Lipinski definition) is 7. The molecule has 0 bridgehead atoms. The van der Waals surface area contributed by atoms with Crippen molar-refractivity contribution in [3.05, 3.63) is 58.1 Å². The molecule has 0 aliphatic rings. The number of carbonyl (C=O) groups is 2. The summed E-state index contributed by atoms with van der Waals surface area (Å²) in [5.41, 5.74) is -0.174. The van der Waals surface area contributed by atoms with Crippen molar-refractivity contribution in [2.45, 2.75) is 26.8 Å². The number of para-hydroxylation sites is 1. The lowest BCUT2D eigenvalue weighted by Gasteiger charge is -2.26. The summed E-state index contributed by atoms with van der Waals surface area (Å²) in [6.07, 6.45) is 0. The van der Waals surface area contributed by atoms with E-state index >= 15 is 0 Å². The summed E-state index contributed by atoms with van der Waals surface area (Å²) in [5, 5.41) is 11.4. The van der Waals surface area contributed by atoms with Crippen LogP contribution in [0.15, 0.2) is 42.5 Å². The molecule has 0 aliphatic carbocycles. The highest BCUT2D eigenvalue weighted by molar-refractivity contribution is 5.99. The Morgan fingerprint density at radius 1 is 1.13 bits per heavy atom. The number of nitrogens with zero attached hydrogens (tertiary/aromatic N) is 2. The second kappa shape index (κ2) is 10.2. The summed E-state index contributed by atoms with van der Waals surface area (Å²) >= 11 is 0. The van der Waals surface area contributed by atoms with Crippen LogP contribution in [0.1, 0.15) is 31.1 Å². The van der Waals surface area contributed by atoms with Crippen LogP contribution < -0.4 is 14.4 Å². The van der Waals surface area contributed by atoms with Gasteiger partial charge in [0.1, 0.15) is 5.56 Å². The summed E-state index contributed by atoms with van der Waals surface area (Å²) < 4.78 is 15.6. The van der Waals surface area contributed by atoms with E-state index in [9.17, 15) is 19.7 Å². The number of esters is 1. The van der Waals surface area contributed by atoms with Gasteiger partial charge >= 0.3 is 5.97 Å². The quantitative estimate of drug-likeness (QED) is 0.349. The molecular formula is C21H24N2O7. The Bertz CT molecular complexity index is 913. The van der Waals surface area contributed by atoms with Gasteiger partial charge in [0.2, 0.25) is 0 Å². The molecule has 2 aromatic rings. The van der Waals surface area contributed by atoms with E-state index in [4.69, 9.17) is 14.2 Å². The van der Waals surface area contributed by atoms with E-state index in [1.807, 2.05) is 19.9 Å². The molecule has 160 valence electrons. The summed E-state index contributed by atoms with van der Waals surface area (Å²) in [4.78, 5) is 37.4. The van der Waals surface area contributed by atoms with Gasteiger partial charge in [-0.2, -0.15) is 0 Å². The Balaban J connectivity index is 2.24. The van der Waals surface area contributed by atoms with Gasteiger partial charge in [-0.05, 0) is 32.9 Å². The molecular weight excluding hydrogens is 392 g/mol. The summed E-state index contributed by atoms with van der Waals surface area (Å²) in [5.74, 6) is -1.18. The van der Waals surface area contributed by atoms with Crippen LogP contribution in [0.2, 0.25) is 0 Å². The van der Waals surface area contributed by atoms with Crippen molar-refractivity contribution < 1.29 is 28.7 Å². The van der Waals surface area contributed by atoms with Crippen molar-refractivity contribution in [1.29, 1.82) is 0 Å². The van der Waals surface area contributed by atoms with Crippen molar-refractivity contribution in [2.75, 3.05) is 25.2 Å². The van der Waals surface area contributed by atoms with Crippen LogP contribution in [0.5, 0.6) is 11.5 Å². The molecule has 0 radical (unpaired) electrons. The Morgan fingerprint density at radius 3 is 2.33 bits per heavy atom. The minimum atomic E-state index is -1.01. The zero-order valence-corrected chi connectivity index (χ0v) is 17.3. The maximum atomic E-state index is 12.7. The average Bonchev–Trinajstić information content (AvgIpc) is 2.72. The lowest BCUT2D eigenvalue weighted by Crippen LogP contribution is -2.39. The molecule has 0 aliphatic heterocycles. The first-order valence-corrected chi connectivity index (χ1v) is 9.33. The molecule has 0 heterocycles. The van der Waals surface area contributed by atoms with Crippen LogP contribution in [0, 0.1) is 10.1 Å². The van der Waals surface area contributed by atoms with Gasteiger partial charge < -0.3 is 19.1 Å². The number of methoxy groups -OCH3 is 1. The first-order valence-electron chi connectivity index (χ1n) is 9.33. The topological polar surface area (TPSA) is 108 Å². The molecule has 9 heteroatoms. The normalized spacial score (nSPS) is 10.4. The molecule has 0 aromatic heterocycles. The minimum Gasteiger partial charge on any atom is -0.493 e. The predicted octanol–water partition coefficient (Wildman–Crippen LogP) is 3.60. The van der Waals surface area contributed by atoms with Crippen molar-refractivity contribution in [2.24, 2.45) is 0 Å². The number of benzene rings is 2. The van der Waals surface area contributed by atoms with E-state index in [0.717, 1.165) is 6.07 Å². The molecule has 9 nitrogen and oxygen atoms in total.